The number of halogens is 3. The van der Waals surface area contributed by atoms with Gasteiger partial charge >= 0.3 is 0 Å². The molecule has 0 fully saturated rings. The third kappa shape index (κ3) is 4.88. The first-order valence-corrected chi connectivity index (χ1v) is 5.52. The van der Waals surface area contributed by atoms with Crippen LogP contribution in [0.5, 0.6) is 0 Å². The monoisotopic (exact) mass is 277 g/mol. The second-order valence-corrected chi connectivity index (χ2v) is 3.66. The largest absolute Gasteiger partial charge is 0.382 e. The second kappa shape index (κ2) is 7.75. The van der Waals surface area contributed by atoms with Gasteiger partial charge in [0.05, 0.1) is 13.2 Å². The molecule has 1 aromatic carbocycles. The molecule has 106 valence electrons. The van der Waals surface area contributed by atoms with E-state index in [0.717, 1.165) is 12.1 Å². The Bertz CT molecular complexity index is 440. The SMILES string of the molecule is COCCOCC(=O)NCc1ccc(F)c(F)c1F. The fourth-order valence-corrected chi connectivity index (χ4v) is 1.25. The minimum absolute atomic E-state index is 0.135. The maximum Gasteiger partial charge on any atom is 0.246 e. The molecule has 0 spiro atoms. The number of methoxy groups -OCH3 is 1. The zero-order valence-corrected chi connectivity index (χ0v) is 10.3. The Morgan fingerprint density at radius 3 is 2.63 bits per heavy atom. The number of ether oxygens (including phenoxy) is 2. The standard InChI is InChI=1S/C12H14F3NO3/c1-18-4-5-19-7-10(17)16-6-8-2-3-9(13)12(15)11(8)14/h2-3H,4-7H2,1H3,(H,16,17). The lowest BCUT2D eigenvalue weighted by atomic mass is 10.2. The third-order valence-corrected chi connectivity index (χ3v) is 2.26. The zero-order chi connectivity index (χ0) is 14.3. The molecule has 19 heavy (non-hydrogen) atoms. The summed E-state index contributed by atoms with van der Waals surface area (Å²) in [6, 6.07) is 1.87. The van der Waals surface area contributed by atoms with E-state index in [4.69, 9.17) is 9.47 Å². The van der Waals surface area contributed by atoms with E-state index in [1.54, 1.807) is 0 Å². The Hall–Kier alpha value is -1.60. The molecule has 0 aliphatic heterocycles. The van der Waals surface area contributed by atoms with Crippen LogP contribution in [0, 0.1) is 17.5 Å². The number of nitrogens with one attached hydrogen (secondary N) is 1. The molecule has 1 rings (SSSR count). The first kappa shape index (κ1) is 15.5. The molecule has 0 unspecified atom stereocenters. The van der Waals surface area contributed by atoms with Crippen molar-refractivity contribution in [3.05, 3.63) is 35.1 Å². The van der Waals surface area contributed by atoms with Crippen LogP contribution in [0.2, 0.25) is 0 Å². The van der Waals surface area contributed by atoms with Crippen LogP contribution >= 0.6 is 0 Å². The molecule has 0 heterocycles. The first-order valence-electron chi connectivity index (χ1n) is 5.52. The molecular formula is C12H14F3NO3. The highest BCUT2D eigenvalue weighted by Crippen LogP contribution is 2.14. The maximum absolute atomic E-state index is 13.3. The van der Waals surface area contributed by atoms with Crippen LogP contribution in [0.3, 0.4) is 0 Å². The number of hydrogen-bond donors (Lipinski definition) is 1. The van der Waals surface area contributed by atoms with Gasteiger partial charge in [0.2, 0.25) is 5.91 Å². The molecule has 0 aliphatic rings. The number of carbonyl (C=O) groups excluding carboxylic acids is 1. The van der Waals surface area contributed by atoms with Crippen LogP contribution in [0.25, 0.3) is 0 Å². The topological polar surface area (TPSA) is 47.6 Å². The van der Waals surface area contributed by atoms with E-state index in [9.17, 15) is 18.0 Å². The van der Waals surface area contributed by atoms with Crippen LogP contribution in [0.1, 0.15) is 5.56 Å². The third-order valence-electron chi connectivity index (χ3n) is 2.26. The van der Waals surface area contributed by atoms with Crippen LogP contribution in [-0.2, 0) is 20.8 Å². The van der Waals surface area contributed by atoms with Crippen molar-refractivity contribution in [2.45, 2.75) is 6.54 Å². The van der Waals surface area contributed by atoms with E-state index < -0.39 is 23.4 Å². The van der Waals surface area contributed by atoms with Crippen molar-refractivity contribution in [1.29, 1.82) is 0 Å². The van der Waals surface area contributed by atoms with Gasteiger partial charge in [-0.25, -0.2) is 13.2 Å². The summed E-state index contributed by atoms with van der Waals surface area (Å²) < 4.78 is 48.5. The van der Waals surface area contributed by atoms with Gasteiger partial charge in [-0.1, -0.05) is 6.07 Å². The Labute approximate surface area is 108 Å². The minimum Gasteiger partial charge on any atom is -0.382 e. The van der Waals surface area contributed by atoms with E-state index in [0.29, 0.717) is 6.61 Å². The van der Waals surface area contributed by atoms with E-state index in [1.807, 2.05) is 0 Å². The molecule has 0 aromatic heterocycles. The predicted octanol–water partition coefficient (Wildman–Crippen LogP) is 1.38. The molecule has 0 saturated carbocycles. The first-order chi connectivity index (χ1) is 9.06. The fraction of sp³-hybridized carbons (Fsp3) is 0.417. The van der Waals surface area contributed by atoms with Gasteiger partial charge in [0.15, 0.2) is 17.5 Å². The van der Waals surface area contributed by atoms with Gasteiger partial charge in [-0.2, -0.15) is 0 Å². The molecular weight excluding hydrogens is 263 g/mol. The summed E-state index contributed by atoms with van der Waals surface area (Å²) in [4.78, 5) is 11.3. The average Bonchev–Trinajstić information content (AvgIpc) is 2.40. The lowest BCUT2D eigenvalue weighted by Gasteiger charge is -2.07. The van der Waals surface area contributed by atoms with E-state index >= 15 is 0 Å². The molecule has 0 radical (unpaired) electrons. The van der Waals surface area contributed by atoms with Crippen LogP contribution in [0.4, 0.5) is 13.2 Å². The Kier molecular flexibility index (Phi) is 6.31. The molecule has 0 aliphatic carbocycles. The van der Waals surface area contributed by atoms with Crippen molar-refractivity contribution in [1.82, 2.24) is 5.32 Å². The van der Waals surface area contributed by atoms with Gasteiger partial charge in [0, 0.05) is 19.2 Å². The second-order valence-electron chi connectivity index (χ2n) is 3.66. The summed E-state index contributed by atoms with van der Waals surface area (Å²) >= 11 is 0. The lowest BCUT2D eigenvalue weighted by molar-refractivity contribution is -0.126. The molecule has 1 aromatic rings. The van der Waals surface area contributed by atoms with E-state index in [1.165, 1.54) is 7.11 Å². The summed E-state index contributed by atoms with van der Waals surface area (Å²) in [6.45, 7) is 0.151. The van der Waals surface area contributed by atoms with Crippen molar-refractivity contribution in [3.63, 3.8) is 0 Å². The predicted molar refractivity (Wildman–Crippen MR) is 60.9 cm³/mol. The van der Waals surface area contributed by atoms with Crippen molar-refractivity contribution in [2.75, 3.05) is 26.9 Å². The molecule has 1 amide bonds. The van der Waals surface area contributed by atoms with E-state index in [-0.39, 0.29) is 25.3 Å². The van der Waals surface area contributed by atoms with Crippen molar-refractivity contribution in [2.24, 2.45) is 0 Å². The van der Waals surface area contributed by atoms with Gasteiger partial charge in [0.25, 0.3) is 0 Å². The molecule has 0 saturated heterocycles. The zero-order valence-electron chi connectivity index (χ0n) is 10.3. The summed E-state index contributed by atoms with van der Waals surface area (Å²) in [5.41, 5.74) is -0.135. The quantitative estimate of drug-likeness (QED) is 0.605. The molecule has 0 bridgehead atoms. The average molecular weight is 277 g/mol. The van der Waals surface area contributed by atoms with Crippen molar-refractivity contribution >= 4 is 5.91 Å². The van der Waals surface area contributed by atoms with Gasteiger partial charge < -0.3 is 14.8 Å². The summed E-state index contributed by atoms with van der Waals surface area (Å²) in [5, 5.41) is 2.33. The normalized spacial score (nSPS) is 10.5. The van der Waals surface area contributed by atoms with Gasteiger partial charge in [-0.05, 0) is 6.07 Å². The Balaban J connectivity index is 2.40. The Morgan fingerprint density at radius 2 is 1.95 bits per heavy atom. The van der Waals surface area contributed by atoms with Gasteiger partial charge in [0.1, 0.15) is 6.61 Å². The summed E-state index contributed by atoms with van der Waals surface area (Å²) in [6.07, 6.45) is 0. The number of benzene rings is 1. The van der Waals surface area contributed by atoms with Crippen molar-refractivity contribution in [3.8, 4) is 0 Å². The Morgan fingerprint density at radius 1 is 1.21 bits per heavy atom. The molecule has 7 heteroatoms. The minimum atomic E-state index is -1.55. The number of amides is 1. The number of rotatable bonds is 7. The molecule has 1 N–H and O–H groups in total. The van der Waals surface area contributed by atoms with Gasteiger partial charge in [-0.3, -0.25) is 4.79 Å². The maximum atomic E-state index is 13.3. The van der Waals surface area contributed by atoms with Crippen LogP contribution < -0.4 is 5.32 Å². The highest BCUT2D eigenvalue weighted by Gasteiger charge is 2.13. The van der Waals surface area contributed by atoms with Gasteiger partial charge in [-0.15, -0.1) is 0 Å². The van der Waals surface area contributed by atoms with Crippen LogP contribution in [-0.4, -0.2) is 32.8 Å². The smallest absolute Gasteiger partial charge is 0.246 e. The number of hydrogen-bond acceptors (Lipinski definition) is 3. The molecule has 4 nitrogen and oxygen atoms in total. The highest BCUT2D eigenvalue weighted by molar-refractivity contribution is 5.77. The summed E-state index contributed by atoms with van der Waals surface area (Å²) in [7, 11) is 1.50. The summed E-state index contributed by atoms with van der Waals surface area (Å²) in [5.74, 6) is -4.61. The lowest BCUT2D eigenvalue weighted by Crippen LogP contribution is -2.28. The van der Waals surface area contributed by atoms with Crippen LogP contribution in [0.15, 0.2) is 12.1 Å². The highest BCUT2D eigenvalue weighted by atomic mass is 19.2. The molecule has 0 atom stereocenters. The number of carbonyl (C=O) groups is 1. The fourth-order valence-electron chi connectivity index (χ4n) is 1.25. The van der Waals surface area contributed by atoms with Crippen molar-refractivity contribution < 1.29 is 27.4 Å². The van der Waals surface area contributed by atoms with E-state index in [2.05, 4.69) is 5.32 Å².